The Morgan fingerprint density at radius 1 is 1.17 bits per heavy atom. The van der Waals surface area contributed by atoms with Crippen LogP contribution in [0.1, 0.15) is 17.7 Å². The zero-order valence-electron chi connectivity index (χ0n) is 16.3. The third kappa shape index (κ3) is 3.97. The van der Waals surface area contributed by atoms with E-state index in [0.717, 1.165) is 24.5 Å². The number of benzene rings is 1. The van der Waals surface area contributed by atoms with E-state index in [1.807, 2.05) is 0 Å². The number of hydrazine groups is 2. The molecule has 7 nitrogen and oxygen atoms in total. The quantitative estimate of drug-likeness (QED) is 0.393. The fourth-order valence-corrected chi connectivity index (χ4v) is 3.38. The molecule has 152 valence electrons. The van der Waals surface area contributed by atoms with Crippen molar-refractivity contribution >= 4 is 12.0 Å². The van der Waals surface area contributed by atoms with E-state index < -0.39 is 23.5 Å². The van der Waals surface area contributed by atoms with Crippen LogP contribution in [-0.2, 0) is 4.79 Å². The highest BCUT2D eigenvalue weighted by Crippen LogP contribution is 2.32. The molecule has 0 saturated carbocycles. The number of pyridine rings is 1. The van der Waals surface area contributed by atoms with Gasteiger partial charge in [0, 0.05) is 13.5 Å². The summed E-state index contributed by atoms with van der Waals surface area (Å²) in [4.78, 5) is 16.0. The predicted octanol–water partition coefficient (Wildman–Crippen LogP) is 0.981. The first-order chi connectivity index (χ1) is 14.0. The number of hydrogen-bond donors (Lipinski definition) is 3. The summed E-state index contributed by atoms with van der Waals surface area (Å²) < 4.78 is 26.9. The van der Waals surface area contributed by atoms with Crippen molar-refractivity contribution in [2.75, 3.05) is 26.2 Å². The molecule has 1 aliphatic rings. The Morgan fingerprint density at radius 2 is 1.93 bits per heavy atom. The standard InChI is InChI=1S/C20H22F2N6O/c1-23-20(24-2)11-18(13-29)27(28(20)25-3)17-8-7-16(26-12-17)6-4-14-10-15(21)5-9-19(14)22/h5,7-10,12-13,18,23-25H,11H2,1-3H3. The first-order valence-electron chi connectivity index (χ1n) is 9.01. The van der Waals surface area contributed by atoms with Crippen LogP contribution in [0, 0.1) is 23.5 Å². The second kappa shape index (κ2) is 8.63. The minimum atomic E-state index is -0.659. The molecule has 1 saturated heterocycles. The van der Waals surface area contributed by atoms with Gasteiger partial charge in [-0.1, -0.05) is 5.92 Å². The van der Waals surface area contributed by atoms with Gasteiger partial charge in [-0.05, 0) is 50.3 Å². The van der Waals surface area contributed by atoms with E-state index in [-0.39, 0.29) is 5.56 Å². The van der Waals surface area contributed by atoms with Crippen LogP contribution < -0.4 is 21.1 Å². The zero-order chi connectivity index (χ0) is 21.0. The minimum absolute atomic E-state index is 0.0365. The highest BCUT2D eigenvalue weighted by atomic mass is 19.1. The molecule has 9 heteroatoms. The summed E-state index contributed by atoms with van der Waals surface area (Å²) >= 11 is 0. The van der Waals surface area contributed by atoms with Gasteiger partial charge in [0.2, 0.25) is 0 Å². The molecule has 0 amide bonds. The number of nitrogens with one attached hydrogen (secondary N) is 3. The summed E-state index contributed by atoms with van der Waals surface area (Å²) in [6.45, 7) is 0. The summed E-state index contributed by atoms with van der Waals surface area (Å²) in [6.07, 6.45) is 2.94. The van der Waals surface area contributed by atoms with E-state index >= 15 is 0 Å². The van der Waals surface area contributed by atoms with E-state index in [4.69, 9.17) is 0 Å². The summed E-state index contributed by atoms with van der Waals surface area (Å²) in [7, 11) is 5.35. The maximum atomic E-state index is 13.7. The highest BCUT2D eigenvalue weighted by Gasteiger charge is 2.49. The number of halogens is 2. The van der Waals surface area contributed by atoms with Gasteiger partial charge < -0.3 is 4.79 Å². The van der Waals surface area contributed by atoms with Gasteiger partial charge in [0.25, 0.3) is 0 Å². The molecule has 1 aromatic carbocycles. The monoisotopic (exact) mass is 400 g/mol. The summed E-state index contributed by atoms with van der Waals surface area (Å²) in [6, 6.07) is 6.11. The molecule has 1 aromatic heterocycles. The summed E-state index contributed by atoms with van der Waals surface area (Å²) in [5, 5.41) is 9.97. The number of nitrogens with zero attached hydrogens (tertiary/aromatic N) is 3. The van der Waals surface area contributed by atoms with Gasteiger partial charge in [-0.15, -0.1) is 5.12 Å². The second-order valence-electron chi connectivity index (χ2n) is 6.42. The van der Waals surface area contributed by atoms with Crippen LogP contribution in [0.25, 0.3) is 0 Å². The molecule has 0 radical (unpaired) electrons. The first-order valence-corrected chi connectivity index (χ1v) is 9.01. The molecule has 3 N–H and O–H groups in total. The van der Waals surface area contributed by atoms with Gasteiger partial charge in [0.1, 0.15) is 29.7 Å². The fourth-order valence-electron chi connectivity index (χ4n) is 3.38. The van der Waals surface area contributed by atoms with Gasteiger partial charge in [-0.25, -0.2) is 19.2 Å². The Bertz CT molecular complexity index is 936. The van der Waals surface area contributed by atoms with Crippen LogP contribution in [0.3, 0.4) is 0 Å². The lowest BCUT2D eigenvalue weighted by atomic mass is 10.1. The van der Waals surface area contributed by atoms with Gasteiger partial charge in [0.15, 0.2) is 5.79 Å². The molecule has 1 aliphatic heterocycles. The largest absolute Gasteiger partial charge is 0.301 e. The van der Waals surface area contributed by atoms with E-state index in [9.17, 15) is 13.6 Å². The molecule has 0 spiro atoms. The number of rotatable bonds is 5. The Hall–Kier alpha value is -2.90. The van der Waals surface area contributed by atoms with Crippen LogP contribution >= 0.6 is 0 Å². The predicted molar refractivity (Wildman–Crippen MR) is 105 cm³/mol. The van der Waals surface area contributed by atoms with Crippen molar-refractivity contribution in [3.05, 3.63) is 59.4 Å². The van der Waals surface area contributed by atoms with Crippen molar-refractivity contribution in [3.63, 3.8) is 0 Å². The smallest absolute Gasteiger partial charge is 0.160 e. The van der Waals surface area contributed by atoms with Crippen molar-refractivity contribution in [1.82, 2.24) is 26.2 Å². The average molecular weight is 400 g/mol. The van der Waals surface area contributed by atoms with Crippen LogP contribution in [0.15, 0.2) is 36.5 Å². The van der Waals surface area contributed by atoms with Gasteiger partial charge in [0.05, 0.1) is 17.4 Å². The van der Waals surface area contributed by atoms with Crippen LogP contribution in [0.4, 0.5) is 14.5 Å². The lowest BCUT2D eigenvalue weighted by Crippen LogP contribution is -2.68. The zero-order valence-corrected chi connectivity index (χ0v) is 16.3. The van der Waals surface area contributed by atoms with Crippen molar-refractivity contribution in [1.29, 1.82) is 0 Å². The maximum Gasteiger partial charge on any atom is 0.160 e. The van der Waals surface area contributed by atoms with Crippen LogP contribution in [0.5, 0.6) is 0 Å². The van der Waals surface area contributed by atoms with E-state index in [2.05, 4.69) is 32.9 Å². The fraction of sp³-hybridized carbons (Fsp3) is 0.300. The molecule has 1 fully saturated rings. The van der Waals surface area contributed by atoms with Gasteiger partial charge in [-0.2, -0.15) is 0 Å². The van der Waals surface area contributed by atoms with E-state index in [1.54, 1.807) is 49.6 Å². The van der Waals surface area contributed by atoms with E-state index in [1.165, 1.54) is 0 Å². The van der Waals surface area contributed by atoms with Crippen LogP contribution in [-0.4, -0.2) is 49.4 Å². The molecule has 1 unspecified atom stereocenters. The number of hydrogen-bond acceptors (Lipinski definition) is 7. The molecular formula is C20H22F2N6O. The maximum absolute atomic E-state index is 13.7. The van der Waals surface area contributed by atoms with E-state index in [0.29, 0.717) is 17.8 Å². The van der Waals surface area contributed by atoms with Crippen LogP contribution in [0.2, 0.25) is 0 Å². The SMILES string of the molecule is CNN1N(c2ccc(C#Cc3cc(F)ccc3F)nc2)C(C=O)CC1(NC)NC. The minimum Gasteiger partial charge on any atom is -0.301 e. The van der Waals surface area contributed by atoms with Gasteiger partial charge in [-0.3, -0.25) is 15.6 Å². The number of carbonyl (C=O) groups excluding carboxylic acids is 1. The molecule has 2 aromatic rings. The molecule has 3 rings (SSSR count). The molecule has 0 bridgehead atoms. The summed E-state index contributed by atoms with van der Waals surface area (Å²) in [5.74, 6) is 3.50. The highest BCUT2D eigenvalue weighted by molar-refractivity contribution is 5.67. The molecule has 2 heterocycles. The normalized spacial score (nSPS) is 18.4. The number of carbonyl (C=O) groups is 1. The molecule has 29 heavy (non-hydrogen) atoms. The number of aromatic nitrogens is 1. The Balaban J connectivity index is 1.89. The van der Waals surface area contributed by atoms with Crippen molar-refractivity contribution in [2.24, 2.45) is 0 Å². The van der Waals surface area contributed by atoms with Gasteiger partial charge >= 0.3 is 0 Å². The molecule has 1 atom stereocenters. The molecular weight excluding hydrogens is 378 g/mol. The Morgan fingerprint density at radius 3 is 2.52 bits per heavy atom. The molecule has 0 aliphatic carbocycles. The lowest BCUT2D eigenvalue weighted by Gasteiger charge is -2.40. The number of anilines is 1. The third-order valence-corrected chi connectivity index (χ3v) is 4.86. The van der Waals surface area contributed by atoms with Crippen molar-refractivity contribution in [2.45, 2.75) is 18.2 Å². The summed E-state index contributed by atoms with van der Waals surface area (Å²) in [5.41, 5.74) is 4.11. The lowest BCUT2D eigenvalue weighted by molar-refractivity contribution is -0.109. The number of aldehydes is 1. The average Bonchev–Trinajstić information content (AvgIpc) is 3.08. The third-order valence-electron chi connectivity index (χ3n) is 4.86. The Kier molecular flexibility index (Phi) is 6.20. The second-order valence-corrected chi connectivity index (χ2v) is 6.42. The van der Waals surface area contributed by atoms with Crippen molar-refractivity contribution in [3.8, 4) is 11.8 Å². The first kappa shape index (κ1) is 20.8. The Labute approximate surface area is 168 Å². The van der Waals surface area contributed by atoms with Crippen molar-refractivity contribution < 1.29 is 13.6 Å². The topological polar surface area (TPSA) is 72.5 Å².